The van der Waals surface area contributed by atoms with Crippen LogP contribution in [0, 0.1) is 0 Å². The standard InChI is InChI=1S/C23H31ClN4O3/c1-23(2,3)31-22(29)25-17-5-4-8-28(15-17)21-19-14-18(27-9-11-30-12-10-27)7-6-16(19)13-20(24)26-21/h6-7,13-14,17H,4-5,8-12,15H2,1-3H3,(H,25,29)/t17-/m0/s1. The fourth-order valence-electron chi connectivity index (χ4n) is 4.21. The highest BCUT2D eigenvalue weighted by Gasteiger charge is 2.26. The van der Waals surface area contributed by atoms with E-state index in [1.807, 2.05) is 26.8 Å². The Hall–Kier alpha value is -2.25. The number of benzene rings is 1. The fraction of sp³-hybridized carbons (Fsp3) is 0.565. The van der Waals surface area contributed by atoms with Crippen molar-refractivity contribution >= 4 is 40.0 Å². The third-order valence-corrected chi connectivity index (χ3v) is 5.78. The molecule has 0 aliphatic carbocycles. The van der Waals surface area contributed by atoms with Crippen molar-refractivity contribution in [3.8, 4) is 0 Å². The summed E-state index contributed by atoms with van der Waals surface area (Å²) in [5.41, 5.74) is 0.653. The first-order valence-electron chi connectivity index (χ1n) is 11.0. The van der Waals surface area contributed by atoms with Crippen molar-refractivity contribution in [2.24, 2.45) is 0 Å². The third-order valence-electron chi connectivity index (χ3n) is 5.58. The van der Waals surface area contributed by atoms with Crippen molar-refractivity contribution in [1.29, 1.82) is 0 Å². The number of carbonyl (C=O) groups is 1. The van der Waals surface area contributed by atoms with Crippen LogP contribution in [0.4, 0.5) is 16.3 Å². The van der Waals surface area contributed by atoms with Gasteiger partial charge < -0.3 is 24.6 Å². The van der Waals surface area contributed by atoms with Gasteiger partial charge in [-0.2, -0.15) is 0 Å². The minimum atomic E-state index is -0.515. The zero-order valence-corrected chi connectivity index (χ0v) is 19.2. The van der Waals surface area contributed by atoms with Gasteiger partial charge in [-0.05, 0) is 57.2 Å². The van der Waals surface area contributed by atoms with E-state index in [0.29, 0.717) is 11.7 Å². The van der Waals surface area contributed by atoms with Gasteiger partial charge in [-0.1, -0.05) is 17.7 Å². The maximum atomic E-state index is 12.3. The minimum Gasteiger partial charge on any atom is -0.444 e. The van der Waals surface area contributed by atoms with Crippen LogP contribution in [-0.2, 0) is 9.47 Å². The molecule has 1 amide bonds. The van der Waals surface area contributed by atoms with Gasteiger partial charge in [0.15, 0.2) is 0 Å². The summed E-state index contributed by atoms with van der Waals surface area (Å²) >= 11 is 6.37. The Morgan fingerprint density at radius 2 is 1.97 bits per heavy atom. The number of ether oxygens (including phenoxy) is 2. The Bertz CT molecular complexity index is 940. The Balaban J connectivity index is 1.57. The summed E-state index contributed by atoms with van der Waals surface area (Å²) in [4.78, 5) is 21.5. The maximum absolute atomic E-state index is 12.3. The lowest BCUT2D eigenvalue weighted by atomic mass is 10.0. The number of halogens is 1. The molecule has 1 atom stereocenters. The number of fused-ring (bicyclic) bond motifs is 1. The number of hydrogen-bond acceptors (Lipinski definition) is 6. The second-order valence-corrected chi connectivity index (χ2v) is 9.59. The number of amides is 1. The lowest BCUT2D eigenvalue weighted by Crippen LogP contribution is -2.49. The van der Waals surface area contributed by atoms with E-state index in [1.54, 1.807) is 0 Å². The van der Waals surface area contributed by atoms with E-state index in [2.05, 4.69) is 38.3 Å². The molecule has 8 heteroatoms. The van der Waals surface area contributed by atoms with E-state index < -0.39 is 5.60 Å². The van der Waals surface area contributed by atoms with E-state index in [0.717, 1.165) is 62.3 Å². The molecule has 2 aliphatic heterocycles. The molecule has 1 N–H and O–H groups in total. The van der Waals surface area contributed by atoms with Crippen LogP contribution in [0.15, 0.2) is 24.3 Å². The van der Waals surface area contributed by atoms with Crippen molar-refractivity contribution in [3.63, 3.8) is 0 Å². The first-order valence-corrected chi connectivity index (χ1v) is 11.3. The maximum Gasteiger partial charge on any atom is 0.407 e. The van der Waals surface area contributed by atoms with E-state index in [-0.39, 0.29) is 12.1 Å². The number of hydrogen-bond donors (Lipinski definition) is 1. The van der Waals surface area contributed by atoms with Gasteiger partial charge in [0.2, 0.25) is 0 Å². The summed E-state index contributed by atoms with van der Waals surface area (Å²) in [6, 6.07) is 8.35. The molecule has 4 rings (SSSR count). The molecule has 31 heavy (non-hydrogen) atoms. The number of rotatable bonds is 3. The predicted molar refractivity (Wildman–Crippen MR) is 124 cm³/mol. The number of nitrogens with zero attached hydrogens (tertiary/aromatic N) is 3. The van der Waals surface area contributed by atoms with Crippen LogP contribution in [-0.4, -0.2) is 62.1 Å². The van der Waals surface area contributed by atoms with Crippen LogP contribution in [0.1, 0.15) is 33.6 Å². The Morgan fingerprint density at radius 1 is 1.19 bits per heavy atom. The quantitative estimate of drug-likeness (QED) is 0.712. The molecular formula is C23H31ClN4O3. The molecule has 2 saturated heterocycles. The van der Waals surface area contributed by atoms with E-state index in [4.69, 9.17) is 21.1 Å². The van der Waals surface area contributed by atoms with Crippen molar-refractivity contribution in [1.82, 2.24) is 10.3 Å². The zero-order chi connectivity index (χ0) is 22.0. The van der Waals surface area contributed by atoms with Crippen LogP contribution in [0.5, 0.6) is 0 Å². The SMILES string of the molecule is CC(C)(C)OC(=O)N[C@H]1CCCN(c2nc(Cl)cc3ccc(N4CCOCC4)cc23)C1. The van der Waals surface area contributed by atoms with Crippen molar-refractivity contribution < 1.29 is 14.3 Å². The highest BCUT2D eigenvalue weighted by atomic mass is 35.5. The lowest BCUT2D eigenvalue weighted by Gasteiger charge is -2.35. The summed E-state index contributed by atoms with van der Waals surface area (Å²) in [6.45, 7) is 10.4. The molecule has 1 aromatic carbocycles. The molecule has 0 saturated carbocycles. The molecule has 3 heterocycles. The van der Waals surface area contributed by atoms with Gasteiger partial charge in [0.05, 0.1) is 13.2 Å². The summed E-state index contributed by atoms with van der Waals surface area (Å²) in [6.07, 6.45) is 1.49. The lowest BCUT2D eigenvalue weighted by molar-refractivity contribution is 0.0500. The topological polar surface area (TPSA) is 66.9 Å². The monoisotopic (exact) mass is 446 g/mol. The summed E-state index contributed by atoms with van der Waals surface area (Å²) in [5.74, 6) is 0.869. The second kappa shape index (κ2) is 9.09. The van der Waals surface area contributed by atoms with Crippen LogP contribution < -0.4 is 15.1 Å². The van der Waals surface area contributed by atoms with Gasteiger partial charge in [-0.25, -0.2) is 9.78 Å². The first-order chi connectivity index (χ1) is 14.8. The number of piperidine rings is 1. The van der Waals surface area contributed by atoms with E-state index in [1.165, 1.54) is 5.69 Å². The highest BCUT2D eigenvalue weighted by molar-refractivity contribution is 6.30. The molecular weight excluding hydrogens is 416 g/mol. The second-order valence-electron chi connectivity index (χ2n) is 9.20. The van der Waals surface area contributed by atoms with Gasteiger partial charge in [-0.15, -0.1) is 0 Å². The van der Waals surface area contributed by atoms with E-state index in [9.17, 15) is 4.79 Å². The van der Waals surface area contributed by atoms with Crippen LogP contribution in [0.2, 0.25) is 5.15 Å². The molecule has 0 radical (unpaired) electrons. The number of nitrogens with one attached hydrogen (secondary N) is 1. The molecule has 2 aromatic rings. The Morgan fingerprint density at radius 3 is 2.71 bits per heavy atom. The number of aromatic nitrogens is 1. The van der Waals surface area contributed by atoms with Gasteiger partial charge in [0.1, 0.15) is 16.6 Å². The summed E-state index contributed by atoms with van der Waals surface area (Å²) in [7, 11) is 0. The van der Waals surface area contributed by atoms with Gasteiger partial charge in [0.25, 0.3) is 0 Å². The largest absolute Gasteiger partial charge is 0.444 e. The summed E-state index contributed by atoms with van der Waals surface area (Å²) in [5, 5.41) is 5.63. The number of anilines is 2. The van der Waals surface area contributed by atoms with Gasteiger partial charge in [-0.3, -0.25) is 0 Å². The highest BCUT2D eigenvalue weighted by Crippen LogP contribution is 2.33. The normalized spacial score (nSPS) is 20.1. The van der Waals surface area contributed by atoms with Crippen LogP contribution in [0.3, 0.4) is 0 Å². The average Bonchev–Trinajstić information content (AvgIpc) is 2.72. The molecule has 0 unspecified atom stereocenters. The van der Waals surface area contributed by atoms with Crippen molar-refractivity contribution in [2.45, 2.75) is 45.3 Å². The molecule has 1 aromatic heterocycles. The van der Waals surface area contributed by atoms with Crippen molar-refractivity contribution in [2.75, 3.05) is 49.2 Å². The minimum absolute atomic E-state index is 0.00172. The zero-order valence-electron chi connectivity index (χ0n) is 18.5. The molecule has 2 aliphatic rings. The number of morpholine rings is 1. The Labute approximate surface area is 188 Å². The molecule has 2 fully saturated rings. The summed E-state index contributed by atoms with van der Waals surface area (Å²) < 4.78 is 10.9. The molecule has 168 valence electrons. The molecule has 0 bridgehead atoms. The number of carbonyl (C=O) groups excluding carboxylic acids is 1. The molecule has 0 spiro atoms. The predicted octanol–water partition coefficient (Wildman–Crippen LogP) is 4.22. The number of alkyl carbamates (subject to hydrolysis) is 1. The Kier molecular flexibility index (Phi) is 6.44. The average molecular weight is 447 g/mol. The smallest absolute Gasteiger partial charge is 0.407 e. The van der Waals surface area contributed by atoms with Crippen LogP contribution >= 0.6 is 11.6 Å². The fourth-order valence-corrected chi connectivity index (χ4v) is 4.40. The molecule has 7 nitrogen and oxygen atoms in total. The first kappa shape index (κ1) is 22.0. The van der Waals surface area contributed by atoms with E-state index >= 15 is 0 Å². The van der Waals surface area contributed by atoms with Crippen LogP contribution in [0.25, 0.3) is 10.8 Å². The van der Waals surface area contributed by atoms with Gasteiger partial charge in [0, 0.05) is 43.3 Å². The third kappa shape index (κ3) is 5.52. The van der Waals surface area contributed by atoms with Crippen molar-refractivity contribution in [3.05, 3.63) is 29.4 Å². The van der Waals surface area contributed by atoms with Gasteiger partial charge >= 0.3 is 6.09 Å². The number of pyridine rings is 1.